The van der Waals surface area contributed by atoms with Crippen LogP contribution in [-0.2, 0) is 32.8 Å². The van der Waals surface area contributed by atoms with E-state index in [4.69, 9.17) is 0 Å². The van der Waals surface area contributed by atoms with E-state index in [-0.39, 0.29) is 30.6 Å². The van der Waals surface area contributed by atoms with Crippen molar-refractivity contribution in [3.8, 4) is 0 Å². The molecule has 0 radical (unpaired) electrons. The quantitative estimate of drug-likeness (QED) is 0.359. The van der Waals surface area contributed by atoms with Crippen LogP contribution in [0.3, 0.4) is 0 Å². The fraction of sp³-hybridized carbons (Fsp3) is 0.333. The lowest BCUT2D eigenvalue weighted by Gasteiger charge is -2.34. The Labute approximate surface area is 236 Å². The fourth-order valence-corrected chi connectivity index (χ4v) is 5.32. The van der Waals surface area contributed by atoms with Gasteiger partial charge in [0.05, 0.1) is 5.69 Å². The summed E-state index contributed by atoms with van der Waals surface area (Å²) in [5, 5.41) is 2.92. The molecule has 10 heteroatoms. The van der Waals surface area contributed by atoms with Crippen molar-refractivity contribution in [3.63, 3.8) is 0 Å². The third-order valence-electron chi connectivity index (χ3n) is 6.27. The van der Waals surface area contributed by atoms with Crippen LogP contribution in [0.1, 0.15) is 30.5 Å². The highest BCUT2D eigenvalue weighted by atomic mass is 32.2. The molecule has 214 valence electrons. The molecule has 0 aromatic heterocycles. The van der Waals surface area contributed by atoms with E-state index in [1.165, 1.54) is 31.1 Å². The molecule has 0 aliphatic carbocycles. The van der Waals surface area contributed by atoms with E-state index in [0.29, 0.717) is 0 Å². The van der Waals surface area contributed by atoms with Gasteiger partial charge in [0.1, 0.15) is 18.4 Å². The molecule has 0 aliphatic rings. The highest BCUT2D eigenvalue weighted by Gasteiger charge is 2.34. The van der Waals surface area contributed by atoms with Gasteiger partial charge in [-0.05, 0) is 56.2 Å². The lowest BCUT2D eigenvalue weighted by atomic mass is 10.0. The lowest BCUT2D eigenvalue weighted by molar-refractivity contribution is -0.140. The van der Waals surface area contributed by atoms with Crippen molar-refractivity contribution < 1.29 is 22.4 Å². The average Bonchev–Trinajstić information content (AvgIpc) is 2.89. The first-order valence-corrected chi connectivity index (χ1v) is 14.4. The third kappa shape index (κ3) is 8.12. The van der Waals surface area contributed by atoms with Crippen molar-refractivity contribution in [2.75, 3.05) is 24.9 Å². The molecule has 8 nitrogen and oxygen atoms in total. The summed E-state index contributed by atoms with van der Waals surface area (Å²) in [5.74, 6) is -1.45. The first-order valence-electron chi connectivity index (χ1n) is 13.0. The molecule has 3 aromatic rings. The monoisotopic (exact) mass is 568 g/mol. The summed E-state index contributed by atoms with van der Waals surface area (Å²) in [6.07, 6.45) is 0.230. The number of aryl methyl sites for hydroxylation is 1. The highest BCUT2D eigenvalue weighted by Crippen LogP contribution is 2.22. The molecular weight excluding hydrogens is 531 g/mol. The second kappa shape index (κ2) is 13.5. The zero-order valence-electron chi connectivity index (χ0n) is 23.5. The zero-order chi connectivity index (χ0) is 29.4. The van der Waals surface area contributed by atoms with E-state index in [1.807, 2.05) is 75.4 Å². The van der Waals surface area contributed by atoms with Gasteiger partial charge in [0, 0.05) is 33.1 Å². The van der Waals surface area contributed by atoms with Gasteiger partial charge in [0.15, 0.2) is 0 Å². The van der Waals surface area contributed by atoms with Crippen molar-refractivity contribution in [1.82, 2.24) is 14.5 Å². The van der Waals surface area contributed by atoms with Crippen LogP contribution in [0.5, 0.6) is 0 Å². The Hall–Kier alpha value is -3.76. The van der Waals surface area contributed by atoms with Crippen LogP contribution >= 0.6 is 0 Å². The van der Waals surface area contributed by atoms with E-state index in [2.05, 4.69) is 5.32 Å². The van der Waals surface area contributed by atoms with Crippen molar-refractivity contribution in [1.29, 1.82) is 0 Å². The minimum absolute atomic E-state index is 0.0861. The number of nitrogens with one attached hydrogen (secondary N) is 1. The van der Waals surface area contributed by atoms with E-state index in [0.717, 1.165) is 37.4 Å². The molecular formula is C30H37FN4O4S. The molecule has 0 heterocycles. The Kier molecular flexibility index (Phi) is 10.4. The van der Waals surface area contributed by atoms with Crippen molar-refractivity contribution in [2.24, 2.45) is 0 Å². The molecule has 0 saturated carbocycles. The van der Waals surface area contributed by atoms with Crippen LogP contribution in [0.2, 0.25) is 0 Å². The molecule has 2 amide bonds. The first kappa shape index (κ1) is 30.8. The summed E-state index contributed by atoms with van der Waals surface area (Å²) in [6, 6.07) is 20.7. The molecule has 0 bridgehead atoms. The number of amides is 2. The van der Waals surface area contributed by atoms with Crippen LogP contribution in [0.25, 0.3) is 0 Å². The normalized spacial score (nSPS) is 12.3. The summed E-state index contributed by atoms with van der Waals surface area (Å²) < 4.78 is 42.2. The minimum atomic E-state index is -4.14. The highest BCUT2D eigenvalue weighted by molar-refractivity contribution is 7.90. The van der Waals surface area contributed by atoms with Crippen LogP contribution in [-0.4, -0.2) is 62.2 Å². The maximum atomic E-state index is 14.1. The number of rotatable bonds is 12. The number of hydrogen-bond acceptors (Lipinski definition) is 4. The molecule has 0 fully saturated rings. The second-order valence-corrected chi connectivity index (χ2v) is 12.2. The number of carbonyl (C=O) groups excluding carboxylic acids is 2. The first-order chi connectivity index (χ1) is 18.9. The number of benzene rings is 3. The third-order valence-corrected chi connectivity index (χ3v) is 8.09. The van der Waals surface area contributed by atoms with Gasteiger partial charge < -0.3 is 10.2 Å². The van der Waals surface area contributed by atoms with Gasteiger partial charge >= 0.3 is 10.2 Å². The smallest absolute Gasteiger partial charge is 0.304 e. The number of anilines is 1. The van der Waals surface area contributed by atoms with E-state index < -0.39 is 34.5 Å². The van der Waals surface area contributed by atoms with Crippen LogP contribution in [0.4, 0.5) is 10.1 Å². The van der Waals surface area contributed by atoms with Gasteiger partial charge in [-0.15, -0.1) is 0 Å². The molecule has 0 aliphatic heterocycles. The molecule has 0 unspecified atom stereocenters. The predicted octanol–water partition coefficient (Wildman–Crippen LogP) is 3.91. The van der Waals surface area contributed by atoms with Crippen molar-refractivity contribution in [2.45, 2.75) is 45.8 Å². The molecule has 3 aromatic carbocycles. The van der Waals surface area contributed by atoms with Gasteiger partial charge in [-0.25, -0.2) is 8.70 Å². The minimum Gasteiger partial charge on any atom is -0.352 e. The lowest BCUT2D eigenvalue weighted by Crippen LogP contribution is -2.55. The Morgan fingerprint density at radius 2 is 1.52 bits per heavy atom. The summed E-state index contributed by atoms with van der Waals surface area (Å²) in [5.41, 5.74) is 2.77. The summed E-state index contributed by atoms with van der Waals surface area (Å²) in [6.45, 7) is 5.11. The Balaban J connectivity index is 2.09. The average molecular weight is 569 g/mol. The Morgan fingerprint density at radius 1 is 0.900 bits per heavy atom. The molecule has 1 N–H and O–H groups in total. The number of halogens is 1. The van der Waals surface area contributed by atoms with Crippen molar-refractivity contribution >= 4 is 27.7 Å². The number of carbonyl (C=O) groups is 2. The maximum absolute atomic E-state index is 14.1. The summed E-state index contributed by atoms with van der Waals surface area (Å²) in [7, 11) is -1.43. The van der Waals surface area contributed by atoms with Crippen molar-refractivity contribution in [3.05, 3.63) is 101 Å². The van der Waals surface area contributed by atoms with Gasteiger partial charge in [0.25, 0.3) is 0 Å². The summed E-state index contributed by atoms with van der Waals surface area (Å²) >= 11 is 0. The standard InChI is InChI=1S/C30H37FN4O4S/c1-22(2)32-30(37)28(19-24-11-7-6-8-12-24)34(20-25-13-9-10-23(3)18-25)29(36)21-35(40(38,39)33(4)5)27-16-14-26(31)15-17-27/h6-18,22,28H,19-21H2,1-5H3,(H,32,37)/t28-/m0/s1. The summed E-state index contributed by atoms with van der Waals surface area (Å²) in [4.78, 5) is 29.1. The van der Waals surface area contributed by atoms with E-state index in [9.17, 15) is 22.4 Å². The van der Waals surface area contributed by atoms with E-state index >= 15 is 0 Å². The molecule has 0 spiro atoms. The maximum Gasteiger partial charge on any atom is 0.304 e. The largest absolute Gasteiger partial charge is 0.352 e. The Bertz CT molecular complexity index is 1400. The topological polar surface area (TPSA) is 90.0 Å². The SMILES string of the molecule is Cc1cccc(CN(C(=O)CN(c2ccc(F)cc2)S(=O)(=O)N(C)C)[C@@H](Cc2ccccc2)C(=O)NC(C)C)c1. The predicted molar refractivity (Wildman–Crippen MR) is 155 cm³/mol. The number of hydrogen-bond donors (Lipinski definition) is 1. The van der Waals surface area contributed by atoms with Gasteiger partial charge in [-0.3, -0.25) is 9.59 Å². The Morgan fingerprint density at radius 3 is 2.10 bits per heavy atom. The molecule has 3 rings (SSSR count). The van der Waals surface area contributed by atoms with E-state index in [1.54, 1.807) is 0 Å². The molecule has 1 atom stereocenters. The molecule has 0 saturated heterocycles. The van der Waals surface area contributed by atoms with Crippen LogP contribution in [0, 0.1) is 12.7 Å². The fourth-order valence-electron chi connectivity index (χ4n) is 4.27. The van der Waals surface area contributed by atoms with Crippen LogP contribution in [0.15, 0.2) is 78.9 Å². The zero-order valence-corrected chi connectivity index (χ0v) is 24.4. The van der Waals surface area contributed by atoms with Crippen LogP contribution < -0.4 is 9.62 Å². The number of nitrogens with zero attached hydrogens (tertiary/aromatic N) is 3. The van der Waals surface area contributed by atoms with Gasteiger partial charge in [0.2, 0.25) is 11.8 Å². The van der Waals surface area contributed by atoms with Gasteiger partial charge in [-0.2, -0.15) is 12.7 Å². The molecule has 40 heavy (non-hydrogen) atoms. The van der Waals surface area contributed by atoms with Gasteiger partial charge in [-0.1, -0.05) is 60.2 Å². The second-order valence-electron chi connectivity index (χ2n) is 10.2.